The minimum absolute atomic E-state index is 0.183. The van der Waals surface area contributed by atoms with Crippen molar-refractivity contribution in [2.45, 2.75) is 31.7 Å². The van der Waals surface area contributed by atoms with Crippen molar-refractivity contribution in [2.75, 3.05) is 5.32 Å². The molecule has 92 valence electrons. The molecule has 0 spiro atoms. The second-order valence-electron chi connectivity index (χ2n) is 4.18. The quantitative estimate of drug-likeness (QED) is 0.860. The van der Waals surface area contributed by atoms with Gasteiger partial charge in [-0.25, -0.2) is 9.18 Å². The Balaban J connectivity index is 1.97. The van der Waals surface area contributed by atoms with Crippen LogP contribution < -0.4 is 10.6 Å². The molecule has 0 bridgehead atoms. The van der Waals surface area contributed by atoms with Crippen LogP contribution in [0.2, 0.25) is 0 Å². The van der Waals surface area contributed by atoms with Gasteiger partial charge in [0.15, 0.2) is 0 Å². The monoisotopic (exact) mass is 300 g/mol. The highest BCUT2D eigenvalue weighted by atomic mass is 79.9. The van der Waals surface area contributed by atoms with Gasteiger partial charge in [0.2, 0.25) is 0 Å². The molecule has 0 aliphatic heterocycles. The molecular weight excluding hydrogens is 287 g/mol. The van der Waals surface area contributed by atoms with Gasteiger partial charge >= 0.3 is 6.03 Å². The Kier molecular flexibility index (Phi) is 3.99. The Bertz CT molecular complexity index is 399. The van der Waals surface area contributed by atoms with Gasteiger partial charge in [-0.3, -0.25) is 0 Å². The fourth-order valence-electron chi connectivity index (χ4n) is 2.02. The second-order valence-corrected chi connectivity index (χ2v) is 5.03. The van der Waals surface area contributed by atoms with E-state index in [9.17, 15) is 9.18 Å². The first-order valence-corrected chi connectivity index (χ1v) is 6.47. The molecule has 5 heteroatoms. The van der Waals surface area contributed by atoms with Crippen LogP contribution in [0.15, 0.2) is 22.7 Å². The molecule has 0 atom stereocenters. The Morgan fingerprint density at radius 2 is 2.06 bits per heavy atom. The number of carbonyl (C=O) groups excluding carboxylic acids is 1. The predicted octanol–water partition coefficient (Wildman–Crippen LogP) is 3.65. The third-order valence-electron chi connectivity index (χ3n) is 2.89. The predicted molar refractivity (Wildman–Crippen MR) is 68.5 cm³/mol. The average Bonchev–Trinajstić information content (AvgIpc) is 2.76. The largest absolute Gasteiger partial charge is 0.335 e. The molecule has 1 aromatic rings. The molecular formula is C12H14BrFN2O. The van der Waals surface area contributed by atoms with Crippen LogP contribution in [0.25, 0.3) is 0 Å². The number of urea groups is 1. The first-order chi connectivity index (χ1) is 8.16. The molecule has 3 nitrogen and oxygen atoms in total. The van der Waals surface area contributed by atoms with Gasteiger partial charge in [-0.1, -0.05) is 18.9 Å². The van der Waals surface area contributed by atoms with Crippen molar-refractivity contribution in [1.82, 2.24) is 5.32 Å². The lowest BCUT2D eigenvalue weighted by atomic mass is 10.2. The molecule has 0 heterocycles. The number of carbonyl (C=O) groups is 1. The lowest BCUT2D eigenvalue weighted by Gasteiger charge is -2.14. The van der Waals surface area contributed by atoms with E-state index >= 15 is 0 Å². The Morgan fingerprint density at radius 3 is 2.71 bits per heavy atom. The highest BCUT2D eigenvalue weighted by Crippen LogP contribution is 2.25. The number of para-hydroxylation sites is 1. The normalized spacial score (nSPS) is 15.9. The van der Waals surface area contributed by atoms with E-state index in [1.807, 2.05) is 0 Å². The summed E-state index contributed by atoms with van der Waals surface area (Å²) < 4.78 is 14.0. The first kappa shape index (κ1) is 12.4. The third-order valence-corrected chi connectivity index (χ3v) is 3.55. The summed E-state index contributed by atoms with van der Waals surface area (Å²) in [6, 6.07) is 4.46. The minimum atomic E-state index is -0.444. The average molecular weight is 301 g/mol. The van der Waals surface area contributed by atoms with Gasteiger partial charge in [-0.2, -0.15) is 0 Å². The summed E-state index contributed by atoms with van der Waals surface area (Å²) in [6.07, 6.45) is 4.31. The van der Waals surface area contributed by atoms with Crippen molar-refractivity contribution in [1.29, 1.82) is 0 Å². The van der Waals surface area contributed by atoms with Crippen molar-refractivity contribution in [2.24, 2.45) is 0 Å². The standard InChI is InChI=1S/C12H14BrFN2O/c13-9-6-3-7-10(14)11(9)16-12(17)15-8-4-1-2-5-8/h3,6-8H,1-2,4-5H2,(H2,15,16,17). The summed E-state index contributed by atoms with van der Waals surface area (Å²) in [5.74, 6) is -0.444. The van der Waals surface area contributed by atoms with Crippen molar-refractivity contribution < 1.29 is 9.18 Å². The minimum Gasteiger partial charge on any atom is -0.335 e. The van der Waals surface area contributed by atoms with E-state index in [1.54, 1.807) is 12.1 Å². The third kappa shape index (κ3) is 3.19. The van der Waals surface area contributed by atoms with Crippen LogP contribution in [0.4, 0.5) is 14.9 Å². The van der Waals surface area contributed by atoms with Crippen LogP contribution in [0.3, 0.4) is 0 Å². The van der Waals surface area contributed by atoms with Crippen molar-refractivity contribution in [3.05, 3.63) is 28.5 Å². The zero-order valence-electron chi connectivity index (χ0n) is 9.30. The molecule has 1 aliphatic rings. The van der Waals surface area contributed by atoms with Gasteiger partial charge in [-0.15, -0.1) is 0 Å². The maximum Gasteiger partial charge on any atom is 0.319 e. The van der Waals surface area contributed by atoms with Crippen LogP contribution in [0, 0.1) is 5.82 Å². The molecule has 17 heavy (non-hydrogen) atoms. The molecule has 2 amide bonds. The van der Waals surface area contributed by atoms with E-state index in [4.69, 9.17) is 0 Å². The van der Waals surface area contributed by atoms with Gasteiger partial charge in [0, 0.05) is 10.5 Å². The zero-order valence-corrected chi connectivity index (χ0v) is 10.9. The second kappa shape index (κ2) is 5.49. The van der Waals surface area contributed by atoms with Crippen molar-refractivity contribution in [3.63, 3.8) is 0 Å². The van der Waals surface area contributed by atoms with Gasteiger partial charge in [0.05, 0.1) is 5.69 Å². The summed E-state index contributed by atoms with van der Waals surface area (Å²) in [5, 5.41) is 5.38. The number of halogens is 2. The number of hydrogen-bond donors (Lipinski definition) is 2. The number of rotatable bonds is 2. The van der Waals surface area contributed by atoms with E-state index in [0.29, 0.717) is 4.47 Å². The van der Waals surface area contributed by atoms with Crippen LogP contribution in [0.1, 0.15) is 25.7 Å². The number of benzene rings is 1. The number of anilines is 1. The fourth-order valence-corrected chi connectivity index (χ4v) is 2.46. The zero-order chi connectivity index (χ0) is 12.3. The Morgan fingerprint density at radius 1 is 1.35 bits per heavy atom. The van der Waals surface area contributed by atoms with Crippen LogP contribution >= 0.6 is 15.9 Å². The van der Waals surface area contributed by atoms with Gasteiger partial charge < -0.3 is 10.6 Å². The SMILES string of the molecule is O=C(Nc1c(F)cccc1Br)NC1CCCC1. The Hall–Kier alpha value is -1.10. The van der Waals surface area contributed by atoms with E-state index in [0.717, 1.165) is 25.7 Å². The molecule has 0 saturated heterocycles. The van der Waals surface area contributed by atoms with E-state index in [2.05, 4.69) is 26.6 Å². The van der Waals surface area contributed by atoms with Gasteiger partial charge in [-0.05, 0) is 40.9 Å². The molecule has 1 fully saturated rings. The summed E-state index contributed by atoms with van der Waals surface area (Å²) in [4.78, 5) is 11.7. The molecule has 2 rings (SSSR count). The molecule has 0 aromatic heterocycles. The number of hydrogen-bond acceptors (Lipinski definition) is 1. The molecule has 1 aromatic carbocycles. The smallest absolute Gasteiger partial charge is 0.319 e. The Labute approximate surface area is 108 Å². The summed E-state index contributed by atoms with van der Waals surface area (Å²) >= 11 is 3.21. The van der Waals surface area contributed by atoms with E-state index < -0.39 is 5.82 Å². The number of nitrogens with one attached hydrogen (secondary N) is 2. The summed E-state index contributed by atoms with van der Waals surface area (Å²) in [6.45, 7) is 0. The molecule has 1 aliphatic carbocycles. The van der Waals surface area contributed by atoms with E-state index in [1.165, 1.54) is 6.07 Å². The molecule has 0 unspecified atom stereocenters. The van der Waals surface area contributed by atoms with Crippen LogP contribution in [0.5, 0.6) is 0 Å². The molecule has 0 radical (unpaired) electrons. The maximum atomic E-state index is 13.5. The molecule has 2 N–H and O–H groups in total. The van der Waals surface area contributed by atoms with Gasteiger partial charge in [0.25, 0.3) is 0 Å². The van der Waals surface area contributed by atoms with Gasteiger partial charge in [0.1, 0.15) is 5.82 Å². The van der Waals surface area contributed by atoms with Crippen molar-refractivity contribution in [3.8, 4) is 0 Å². The van der Waals surface area contributed by atoms with Crippen LogP contribution in [-0.4, -0.2) is 12.1 Å². The van der Waals surface area contributed by atoms with Crippen molar-refractivity contribution >= 4 is 27.6 Å². The van der Waals surface area contributed by atoms with E-state index in [-0.39, 0.29) is 17.8 Å². The fraction of sp³-hybridized carbons (Fsp3) is 0.417. The lowest BCUT2D eigenvalue weighted by Crippen LogP contribution is -2.36. The molecule has 1 saturated carbocycles. The highest BCUT2D eigenvalue weighted by molar-refractivity contribution is 9.10. The number of amides is 2. The topological polar surface area (TPSA) is 41.1 Å². The van der Waals surface area contributed by atoms with Crippen LogP contribution in [-0.2, 0) is 0 Å². The summed E-state index contributed by atoms with van der Waals surface area (Å²) in [5.41, 5.74) is 0.183. The summed E-state index contributed by atoms with van der Waals surface area (Å²) in [7, 11) is 0. The maximum absolute atomic E-state index is 13.5. The highest BCUT2D eigenvalue weighted by Gasteiger charge is 2.18. The lowest BCUT2D eigenvalue weighted by molar-refractivity contribution is 0.248. The first-order valence-electron chi connectivity index (χ1n) is 5.68.